The lowest BCUT2D eigenvalue weighted by molar-refractivity contribution is -0.129. The molecule has 0 bridgehead atoms. The molecule has 3 nitrogen and oxygen atoms in total. The summed E-state index contributed by atoms with van der Waals surface area (Å²) in [6.45, 7) is 8.52. The lowest BCUT2D eigenvalue weighted by atomic mass is 9.92. The molecule has 0 saturated heterocycles. The second-order valence-electron chi connectivity index (χ2n) is 5.52. The average Bonchev–Trinajstić information content (AvgIpc) is 2.70. The van der Waals surface area contributed by atoms with Crippen molar-refractivity contribution in [1.29, 1.82) is 0 Å². The highest BCUT2D eigenvalue weighted by molar-refractivity contribution is 5.81. The van der Waals surface area contributed by atoms with Gasteiger partial charge < -0.3 is 10.6 Å². The van der Waals surface area contributed by atoms with Gasteiger partial charge in [0.2, 0.25) is 5.91 Å². The van der Waals surface area contributed by atoms with Crippen LogP contribution in [0.5, 0.6) is 0 Å². The minimum Gasteiger partial charge on any atom is -0.356 e. The minimum absolute atomic E-state index is 0.147. The van der Waals surface area contributed by atoms with E-state index in [4.69, 9.17) is 0 Å². The van der Waals surface area contributed by atoms with Gasteiger partial charge in [0.25, 0.3) is 0 Å². The van der Waals surface area contributed by atoms with Gasteiger partial charge in [-0.2, -0.15) is 0 Å². The SMILES string of the molecule is CCNC(=O)C(C)(C)CNCC1CCCC1. The fraction of sp³-hybridized carbons (Fsp3) is 0.923. The third kappa shape index (κ3) is 4.12. The molecular weight excluding hydrogens is 200 g/mol. The van der Waals surface area contributed by atoms with Crippen LogP contribution in [0.25, 0.3) is 0 Å². The molecule has 0 radical (unpaired) electrons. The van der Waals surface area contributed by atoms with Crippen molar-refractivity contribution >= 4 is 5.91 Å². The van der Waals surface area contributed by atoms with Crippen molar-refractivity contribution < 1.29 is 4.79 Å². The molecule has 1 fully saturated rings. The molecule has 0 heterocycles. The molecule has 0 aliphatic heterocycles. The summed E-state index contributed by atoms with van der Waals surface area (Å²) < 4.78 is 0. The second-order valence-corrected chi connectivity index (χ2v) is 5.52. The van der Waals surface area contributed by atoms with Crippen LogP contribution in [0.1, 0.15) is 46.5 Å². The number of carbonyl (C=O) groups excluding carboxylic acids is 1. The van der Waals surface area contributed by atoms with Crippen molar-refractivity contribution in [3.63, 3.8) is 0 Å². The van der Waals surface area contributed by atoms with Crippen molar-refractivity contribution in [1.82, 2.24) is 10.6 Å². The Morgan fingerprint density at radius 1 is 1.31 bits per heavy atom. The standard InChI is InChI=1S/C13H26N2O/c1-4-15-12(16)13(2,3)10-14-9-11-7-5-6-8-11/h11,14H,4-10H2,1-3H3,(H,15,16). The zero-order valence-corrected chi connectivity index (χ0v) is 10.9. The highest BCUT2D eigenvalue weighted by Gasteiger charge is 2.27. The van der Waals surface area contributed by atoms with E-state index in [9.17, 15) is 4.79 Å². The van der Waals surface area contributed by atoms with Crippen molar-refractivity contribution in [2.24, 2.45) is 11.3 Å². The first-order chi connectivity index (χ1) is 7.56. The zero-order chi connectivity index (χ0) is 12.0. The predicted octanol–water partition coefficient (Wildman–Crippen LogP) is 1.93. The number of hydrogen-bond acceptors (Lipinski definition) is 2. The van der Waals surface area contributed by atoms with Crippen LogP contribution in [-0.4, -0.2) is 25.5 Å². The van der Waals surface area contributed by atoms with Gasteiger partial charge in [-0.05, 0) is 46.1 Å². The zero-order valence-electron chi connectivity index (χ0n) is 10.9. The fourth-order valence-electron chi connectivity index (χ4n) is 2.28. The maximum atomic E-state index is 11.7. The van der Waals surface area contributed by atoms with Crippen LogP contribution in [0, 0.1) is 11.3 Å². The largest absolute Gasteiger partial charge is 0.356 e. The van der Waals surface area contributed by atoms with Gasteiger partial charge in [-0.3, -0.25) is 4.79 Å². The van der Waals surface area contributed by atoms with Crippen molar-refractivity contribution in [3.8, 4) is 0 Å². The van der Waals surface area contributed by atoms with Crippen molar-refractivity contribution in [2.75, 3.05) is 19.6 Å². The normalized spacial score (nSPS) is 17.7. The molecule has 1 saturated carbocycles. The summed E-state index contributed by atoms with van der Waals surface area (Å²) in [7, 11) is 0. The Labute approximate surface area is 99.4 Å². The van der Waals surface area contributed by atoms with E-state index < -0.39 is 0 Å². The molecule has 16 heavy (non-hydrogen) atoms. The molecule has 0 aromatic heterocycles. The van der Waals surface area contributed by atoms with Gasteiger partial charge in [0.15, 0.2) is 0 Å². The van der Waals surface area contributed by atoms with Crippen molar-refractivity contribution in [3.05, 3.63) is 0 Å². The molecule has 94 valence electrons. The van der Waals surface area contributed by atoms with E-state index in [1.165, 1.54) is 25.7 Å². The summed E-state index contributed by atoms with van der Waals surface area (Å²) in [6.07, 6.45) is 5.47. The topological polar surface area (TPSA) is 41.1 Å². The molecule has 0 unspecified atom stereocenters. The Balaban J connectivity index is 2.21. The molecule has 3 heteroatoms. The first kappa shape index (κ1) is 13.5. The van der Waals surface area contributed by atoms with Crippen LogP contribution < -0.4 is 10.6 Å². The first-order valence-corrected chi connectivity index (χ1v) is 6.55. The fourth-order valence-corrected chi connectivity index (χ4v) is 2.28. The molecule has 1 aliphatic rings. The third-order valence-electron chi connectivity index (χ3n) is 3.43. The van der Waals surface area contributed by atoms with E-state index in [1.54, 1.807) is 0 Å². The summed E-state index contributed by atoms with van der Waals surface area (Å²) in [5.74, 6) is 0.985. The number of carbonyl (C=O) groups is 1. The summed E-state index contributed by atoms with van der Waals surface area (Å²) in [5, 5.41) is 6.33. The van der Waals surface area contributed by atoms with Gasteiger partial charge in [0, 0.05) is 13.1 Å². The molecule has 2 N–H and O–H groups in total. The summed E-state index contributed by atoms with van der Waals surface area (Å²) in [6, 6.07) is 0. The molecule has 1 aliphatic carbocycles. The average molecular weight is 226 g/mol. The van der Waals surface area contributed by atoms with Crippen LogP contribution in [0.15, 0.2) is 0 Å². The predicted molar refractivity (Wildman–Crippen MR) is 67.3 cm³/mol. The van der Waals surface area contributed by atoms with Gasteiger partial charge in [-0.1, -0.05) is 12.8 Å². The van der Waals surface area contributed by atoms with E-state index in [-0.39, 0.29) is 11.3 Å². The Kier molecular flexibility index (Phi) is 5.26. The first-order valence-electron chi connectivity index (χ1n) is 6.55. The maximum absolute atomic E-state index is 11.7. The Bertz CT molecular complexity index is 220. The second kappa shape index (κ2) is 6.24. The van der Waals surface area contributed by atoms with Crippen LogP contribution in [0.2, 0.25) is 0 Å². The van der Waals surface area contributed by atoms with Gasteiger partial charge in [-0.15, -0.1) is 0 Å². The highest BCUT2D eigenvalue weighted by atomic mass is 16.2. The maximum Gasteiger partial charge on any atom is 0.226 e. The van der Waals surface area contributed by atoms with Crippen LogP contribution in [-0.2, 0) is 4.79 Å². The lowest BCUT2D eigenvalue weighted by Gasteiger charge is -2.24. The molecule has 0 aromatic carbocycles. The quantitative estimate of drug-likeness (QED) is 0.726. The highest BCUT2D eigenvalue weighted by Crippen LogP contribution is 2.24. The van der Waals surface area contributed by atoms with E-state index in [0.29, 0.717) is 6.54 Å². The van der Waals surface area contributed by atoms with Crippen LogP contribution in [0.4, 0.5) is 0 Å². The van der Waals surface area contributed by atoms with Gasteiger partial charge in [-0.25, -0.2) is 0 Å². The van der Waals surface area contributed by atoms with Gasteiger partial charge in [0.05, 0.1) is 5.41 Å². The third-order valence-corrected chi connectivity index (χ3v) is 3.43. The van der Waals surface area contributed by atoms with E-state index in [2.05, 4.69) is 10.6 Å². The molecule has 0 aromatic rings. The Morgan fingerprint density at radius 3 is 2.50 bits per heavy atom. The van der Waals surface area contributed by atoms with E-state index >= 15 is 0 Å². The van der Waals surface area contributed by atoms with Gasteiger partial charge >= 0.3 is 0 Å². The molecule has 0 atom stereocenters. The Morgan fingerprint density at radius 2 is 1.94 bits per heavy atom. The van der Waals surface area contributed by atoms with E-state index in [0.717, 1.165) is 19.0 Å². The molecular formula is C13H26N2O. The molecule has 1 amide bonds. The molecule has 0 spiro atoms. The van der Waals surface area contributed by atoms with E-state index in [1.807, 2.05) is 20.8 Å². The summed E-state index contributed by atoms with van der Waals surface area (Å²) in [5.41, 5.74) is -0.297. The molecule has 1 rings (SSSR count). The van der Waals surface area contributed by atoms with Crippen LogP contribution in [0.3, 0.4) is 0 Å². The smallest absolute Gasteiger partial charge is 0.226 e. The van der Waals surface area contributed by atoms with Crippen LogP contribution >= 0.6 is 0 Å². The minimum atomic E-state index is -0.297. The number of amides is 1. The number of hydrogen-bond donors (Lipinski definition) is 2. The number of rotatable bonds is 6. The lowest BCUT2D eigenvalue weighted by Crippen LogP contribution is -2.44. The summed E-state index contributed by atoms with van der Waals surface area (Å²) in [4.78, 5) is 11.7. The Hall–Kier alpha value is -0.570. The monoisotopic (exact) mass is 226 g/mol. The van der Waals surface area contributed by atoms with Gasteiger partial charge in [0.1, 0.15) is 0 Å². The summed E-state index contributed by atoms with van der Waals surface area (Å²) >= 11 is 0. The van der Waals surface area contributed by atoms with Crippen molar-refractivity contribution in [2.45, 2.75) is 46.5 Å². The number of nitrogens with one attached hydrogen (secondary N) is 2.